The van der Waals surface area contributed by atoms with Gasteiger partial charge >= 0.3 is 0 Å². The molecule has 4 rings (SSSR count). The molecule has 2 aromatic carbocycles. The van der Waals surface area contributed by atoms with Gasteiger partial charge in [-0.25, -0.2) is 8.42 Å². The number of rotatable bonds is 5. The van der Waals surface area contributed by atoms with Crippen LogP contribution in [0.4, 0.5) is 5.69 Å². The third-order valence-corrected chi connectivity index (χ3v) is 8.76. The van der Waals surface area contributed by atoms with Crippen LogP contribution in [0.5, 0.6) is 5.75 Å². The topological polar surface area (TPSA) is 76.0 Å². The summed E-state index contributed by atoms with van der Waals surface area (Å²) in [6.45, 7) is 4.03. The number of carbonyl (C=O) groups excluding carboxylic acids is 1. The molecule has 0 aliphatic carbocycles. The number of amides is 1. The van der Waals surface area contributed by atoms with Crippen molar-refractivity contribution in [3.63, 3.8) is 0 Å². The van der Waals surface area contributed by atoms with Crippen LogP contribution in [0.2, 0.25) is 5.02 Å². The van der Waals surface area contributed by atoms with Crippen molar-refractivity contribution in [2.75, 3.05) is 23.0 Å². The largest absolute Gasteiger partial charge is 0.484 e. The van der Waals surface area contributed by atoms with Crippen LogP contribution in [0.3, 0.4) is 0 Å². The highest BCUT2D eigenvalue weighted by Crippen LogP contribution is 2.41. The summed E-state index contributed by atoms with van der Waals surface area (Å²) in [5.41, 5.74) is 2.03. The van der Waals surface area contributed by atoms with E-state index >= 15 is 0 Å². The maximum absolute atomic E-state index is 12.5. The van der Waals surface area contributed by atoms with Gasteiger partial charge < -0.3 is 9.64 Å². The molecule has 2 atom stereocenters. The molecular formula is C22H23ClN2O4S2. The van der Waals surface area contributed by atoms with Crippen LogP contribution in [-0.2, 0) is 14.6 Å². The minimum absolute atomic E-state index is 0.0606. The smallest absolute Gasteiger partial charge is 0.285 e. The van der Waals surface area contributed by atoms with Gasteiger partial charge in [0.05, 0.1) is 17.5 Å². The van der Waals surface area contributed by atoms with E-state index in [1.54, 1.807) is 24.3 Å². The number of ether oxygens (including phenoxy) is 1. The maximum Gasteiger partial charge on any atom is 0.285 e. The molecule has 0 unspecified atom stereocenters. The monoisotopic (exact) mass is 478 g/mol. The fraction of sp³-hybridized carbons (Fsp3) is 0.364. The molecule has 0 spiro atoms. The van der Waals surface area contributed by atoms with Crippen molar-refractivity contribution in [1.82, 2.24) is 0 Å². The number of halogens is 1. The van der Waals surface area contributed by atoms with Gasteiger partial charge in [0.25, 0.3) is 5.91 Å². The number of fused-ring (bicyclic) bond motifs is 1. The predicted octanol–water partition coefficient (Wildman–Crippen LogP) is 4.14. The van der Waals surface area contributed by atoms with Crippen molar-refractivity contribution >= 4 is 50.0 Å². The first-order chi connectivity index (χ1) is 14.7. The summed E-state index contributed by atoms with van der Waals surface area (Å²) in [6, 6.07) is 14.5. The summed E-state index contributed by atoms with van der Waals surface area (Å²) in [5, 5.41) is 0.965. The Morgan fingerprint density at radius 3 is 2.48 bits per heavy atom. The summed E-state index contributed by atoms with van der Waals surface area (Å²) in [5.74, 6) is 0.647. The van der Waals surface area contributed by atoms with E-state index in [2.05, 4.69) is 18.8 Å². The molecular weight excluding hydrogens is 456 g/mol. The van der Waals surface area contributed by atoms with Crippen molar-refractivity contribution in [2.24, 2.45) is 4.99 Å². The van der Waals surface area contributed by atoms with Crippen LogP contribution in [0, 0.1) is 0 Å². The Morgan fingerprint density at radius 1 is 1.16 bits per heavy atom. The Balaban J connectivity index is 1.55. The molecule has 31 heavy (non-hydrogen) atoms. The standard InChI is InChI=1S/C22H23ClN2O4S2/c1-14(2)15-3-7-17(8-4-15)25-19-12-31(27,28)13-20(19)30-22(25)24-21(26)11-29-18-9-5-16(23)6-10-18/h3-10,14,19-20H,11-13H2,1-2H3/t19-,20-/m0/s1. The second-order valence-corrected chi connectivity index (χ2v) is 11.7. The molecule has 2 saturated heterocycles. The van der Waals surface area contributed by atoms with Gasteiger partial charge in [0.1, 0.15) is 5.75 Å². The number of amidine groups is 1. The second kappa shape index (κ2) is 8.84. The zero-order valence-electron chi connectivity index (χ0n) is 17.2. The molecule has 0 N–H and O–H groups in total. The van der Waals surface area contributed by atoms with Gasteiger partial charge in [-0.05, 0) is 47.9 Å². The van der Waals surface area contributed by atoms with Crippen molar-refractivity contribution in [3.8, 4) is 5.75 Å². The highest BCUT2D eigenvalue weighted by molar-refractivity contribution is 8.16. The Hall–Kier alpha value is -2.03. The van der Waals surface area contributed by atoms with Crippen LogP contribution in [0.1, 0.15) is 25.3 Å². The minimum atomic E-state index is -3.11. The fourth-order valence-corrected chi connectivity index (χ4v) is 7.76. The summed E-state index contributed by atoms with van der Waals surface area (Å²) in [6.07, 6.45) is 0. The molecule has 0 radical (unpaired) electrons. The van der Waals surface area contributed by atoms with Gasteiger partial charge in [0.15, 0.2) is 21.6 Å². The third-order valence-electron chi connectivity index (χ3n) is 5.30. The molecule has 1 amide bonds. The molecule has 9 heteroatoms. The van der Waals surface area contributed by atoms with Crippen LogP contribution < -0.4 is 9.64 Å². The average molecular weight is 479 g/mol. The molecule has 164 valence electrons. The molecule has 0 bridgehead atoms. The Bertz CT molecular complexity index is 1100. The minimum Gasteiger partial charge on any atom is -0.484 e. The lowest BCUT2D eigenvalue weighted by Gasteiger charge is -2.25. The number of aliphatic imine (C=N–C) groups is 1. The van der Waals surface area contributed by atoms with Crippen molar-refractivity contribution < 1.29 is 17.9 Å². The third kappa shape index (κ3) is 5.07. The zero-order chi connectivity index (χ0) is 22.2. The summed E-state index contributed by atoms with van der Waals surface area (Å²) in [7, 11) is -3.11. The lowest BCUT2D eigenvalue weighted by Crippen LogP contribution is -2.37. The van der Waals surface area contributed by atoms with Gasteiger partial charge in [-0.15, -0.1) is 0 Å². The molecule has 2 fully saturated rings. The average Bonchev–Trinajstić information content (AvgIpc) is 3.18. The van der Waals surface area contributed by atoms with E-state index in [1.165, 1.54) is 17.3 Å². The van der Waals surface area contributed by atoms with Gasteiger partial charge in [0, 0.05) is 16.0 Å². The normalized spacial score (nSPS) is 23.4. The number of nitrogens with zero attached hydrogens (tertiary/aromatic N) is 2. The summed E-state index contributed by atoms with van der Waals surface area (Å²) in [4.78, 5) is 18.7. The SMILES string of the molecule is CC(C)c1ccc(N2C(=NC(=O)COc3ccc(Cl)cc3)S[C@H]3CS(=O)(=O)C[C@@H]32)cc1. The first-order valence-corrected chi connectivity index (χ1v) is 13.1. The number of carbonyl (C=O) groups is 1. The molecule has 2 heterocycles. The number of hydrogen-bond donors (Lipinski definition) is 0. The first kappa shape index (κ1) is 22.2. The predicted molar refractivity (Wildman–Crippen MR) is 126 cm³/mol. The second-order valence-electron chi connectivity index (χ2n) is 7.95. The summed E-state index contributed by atoms with van der Waals surface area (Å²) < 4.78 is 29.9. The van der Waals surface area contributed by atoms with E-state index in [0.717, 1.165) is 5.69 Å². The number of thioether (sulfide) groups is 1. The number of anilines is 1. The van der Waals surface area contributed by atoms with Crippen molar-refractivity contribution in [2.45, 2.75) is 31.1 Å². The van der Waals surface area contributed by atoms with E-state index in [9.17, 15) is 13.2 Å². The molecule has 0 aromatic heterocycles. The Morgan fingerprint density at radius 2 is 1.84 bits per heavy atom. The van der Waals surface area contributed by atoms with Crippen LogP contribution >= 0.6 is 23.4 Å². The first-order valence-electron chi connectivity index (χ1n) is 9.98. The van der Waals surface area contributed by atoms with Gasteiger partial charge in [-0.1, -0.05) is 49.3 Å². The maximum atomic E-state index is 12.5. The molecule has 2 aliphatic rings. The molecule has 2 aliphatic heterocycles. The van der Waals surface area contributed by atoms with Crippen LogP contribution in [-0.4, -0.2) is 48.9 Å². The Labute approximate surface area is 191 Å². The van der Waals surface area contributed by atoms with Gasteiger partial charge in [-0.2, -0.15) is 4.99 Å². The highest BCUT2D eigenvalue weighted by Gasteiger charge is 2.49. The van der Waals surface area contributed by atoms with Crippen LogP contribution in [0.15, 0.2) is 53.5 Å². The number of hydrogen-bond acceptors (Lipinski definition) is 5. The lowest BCUT2D eigenvalue weighted by molar-refractivity contribution is -0.119. The van der Waals surface area contributed by atoms with Crippen LogP contribution in [0.25, 0.3) is 0 Å². The molecule has 2 aromatic rings. The van der Waals surface area contributed by atoms with E-state index in [1.807, 2.05) is 29.2 Å². The molecule has 6 nitrogen and oxygen atoms in total. The Kier molecular flexibility index (Phi) is 6.32. The number of benzene rings is 2. The van der Waals surface area contributed by atoms with Gasteiger partial charge in [-0.3, -0.25) is 4.79 Å². The fourth-order valence-electron chi connectivity index (χ4n) is 3.70. The van der Waals surface area contributed by atoms with E-state index in [4.69, 9.17) is 16.3 Å². The van der Waals surface area contributed by atoms with Gasteiger partial charge in [0.2, 0.25) is 0 Å². The quantitative estimate of drug-likeness (QED) is 0.642. The number of sulfone groups is 1. The summed E-state index contributed by atoms with van der Waals surface area (Å²) >= 11 is 7.21. The highest BCUT2D eigenvalue weighted by atomic mass is 35.5. The zero-order valence-corrected chi connectivity index (χ0v) is 19.6. The van der Waals surface area contributed by atoms with E-state index in [0.29, 0.717) is 21.9 Å². The lowest BCUT2D eigenvalue weighted by atomic mass is 10.0. The van der Waals surface area contributed by atoms with E-state index < -0.39 is 15.7 Å². The van der Waals surface area contributed by atoms with Crippen molar-refractivity contribution in [3.05, 3.63) is 59.1 Å². The van der Waals surface area contributed by atoms with Crippen molar-refractivity contribution in [1.29, 1.82) is 0 Å². The van der Waals surface area contributed by atoms with E-state index in [-0.39, 0.29) is 29.4 Å². The molecule has 0 saturated carbocycles.